The van der Waals surface area contributed by atoms with Gasteiger partial charge in [-0.1, -0.05) is 0 Å². The van der Waals surface area contributed by atoms with Crippen LogP contribution in [0.4, 0.5) is 4.79 Å². The van der Waals surface area contributed by atoms with Crippen LogP contribution in [-0.4, -0.2) is 59.2 Å². The molecule has 9 nitrogen and oxygen atoms in total. The van der Waals surface area contributed by atoms with Gasteiger partial charge in [0.1, 0.15) is 11.6 Å². The van der Waals surface area contributed by atoms with Gasteiger partial charge in [0.15, 0.2) is 0 Å². The van der Waals surface area contributed by atoms with Gasteiger partial charge in [0.25, 0.3) is 0 Å². The van der Waals surface area contributed by atoms with Crippen LogP contribution in [0.2, 0.25) is 0 Å². The van der Waals surface area contributed by atoms with Crippen LogP contribution in [0.1, 0.15) is 40.2 Å². The number of aliphatic carboxylic acids is 1. The molecular formula is C20H27N3O6S. The highest BCUT2D eigenvalue weighted by molar-refractivity contribution is 7.89. The third-order valence-electron chi connectivity index (χ3n) is 4.98. The van der Waals surface area contributed by atoms with E-state index in [0.29, 0.717) is 17.3 Å². The Bertz CT molecular complexity index is 1070. The largest absolute Gasteiger partial charge is 0.480 e. The van der Waals surface area contributed by atoms with E-state index in [1.807, 2.05) is 0 Å². The molecule has 2 aromatic rings. The summed E-state index contributed by atoms with van der Waals surface area (Å²) >= 11 is 0. The molecule has 0 saturated carbocycles. The van der Waals surface area contributed by atoms with Gasteiger partial charge in [-0.25, -0.2) is 18.0 Å². The normalized spacial score (nSPS) is 19.0. The van der Waals surface area contributed by atoms with E-state index >= 15 is 0 Å². The van der Waals surface area contributed by atoms with Crippen LogP contribution in [0, 0.1) is 0 Å². The van der Waals surface area contributed by atoms with Crippen LogP contribution in [0.5, 0.6) is 0 Å². The first-order valence-electron chi connectivity index (χ1n) is 9.71. The summed E-state index contributed by atoms with van der Waals surface area (Å²) in [6, 6.07) is 5.26. The van der Waals surface area contributed by atoms with Crippen LogP contribution >= 0.6 is 0 Å². The van der Waals surface area contributed by atoms with E-state index in [0.717, 1.165) is 0 Å². The van der Waals surface area contributed by atoms with Gasteiger partial charge in [0.2, 0.25) is 10.0 Å². The molecule has 30 heavy (non-hydrogen) atoms. The molecular weight excluding hydrogens is 410 g/mol. The Balaban J connectivity index is 1.75. The number of rotatable bonds is 5. The molecule has 164 valence electrons. The molecule has 1 aliphatic heterocycles. The number of hydrogen-bond donors (Lipinski definition) is 2. The first-order valence-corrected chi connectivity index (χ1v) is 11.2. The zero-order valence-electron chi connectivity index (χ0n) is 17.5. The molecule has 1 aromatic carbocycles. The molecule has 1 saturated heterocycles. The van der Waals surface area contributed by atoms with Crippen LogP contribution in [0.15, 0.2) is 35.4 Å². The lowest BCUT2D eigenvalue weighted by Crippen LogP contribution is -2.41. The fourth-order valence-electron chi connectivity index (χ4n) is 3.45. The van der Waals surface area contributed by atoms with E-state index in [2.05, 4.69) is 5.32 Å². The van der Waals surface area contributed by atoms with Gasteiger partial charge in [-0.05, 0) is 58.4 Å². The number of carboxylic acids is 1. The predicted octanol–water partition coefficient (Wildman–Crippen LogP) is 2.57. The SMILES string of the molecule is CC(C(=O)O)n1ccc2cc(S(=O)(=O)N3CC[C@H](NC(=O)OC(C)(C)C)C3)ccc21. The topological polar surface area (TPSA) is 118 Å². The van der Waals surface area contributed by atoms with Crippen molar-refractivity contribution in [2.24, 2.45) is 0 Å². The highest BCUT2D eigenvalue weighted by atomic mass is 32.2. The summed E-state index contributed by atoms with van der Waals surface area (Å²) in [6.07, 6.45) is 1.56. The summed E-state index contributed by atoms with van der Waals surface area (Å²) in [5.74, 6) is -0.968. The molecule has 1 fully saturated rings. The van der Waals surface area contributed by atoms with Gasteiger partial charge in [-0.3, -0.25) is 0 Å². The number of carboxylic acid groups (broad SMARTS) is 1. The van der Waals surface area contributed by atoms with Gasteiger partial charge in [0.05, 0.1) is 4.90 Å². The molecule has 0 spiro atoms. The molecule has 2 atom stereocenters. The molecule has 0 aliphatic carbocycles. The summed E-state index contributed by atoms with van der Waals surface area (Å²) in [7, 11) is -3.75. The van der Waals surface area contributed by atoms with Crippen LogP contribution in [-0.2, 0) is 19.6 Å². The first-order chi connectivity index (χ1) is 13.9. The molecule has 1 aromatic heterocycles. The smallest absolute Gasteiger partial charge is 0.407 e. The van der Waals surface area contributed by atoms with Gasteiger partial charge in [-0.15, -0.1) is 0 Å². The maximum atomic E-state index is 13.1. The average Bonchev–Trinajstić information content (AvgIpc) is 3.25. The molecule has 10 heteroatoms. The van der Waals surface area contributed by atoms with Crippen molar-refractivity contribution in [2.45, 2.75) is 56.7 Å². The maximum absolute atomic E-state index is 13.1. The molecule has 1 unspecified atom stereocenters. The van der Waals surface area contributed by atoms with Gasteiger partial charge < -0.3 is 19.7 Å². The number of sulfonamides is 1. The number of fused-ring (bicyclic) bond motifs is 1. The number of carbonyl (C=O) groups excluding carboxylic acids is 1. The molecule has 2 heterocycles. The number of ether oxygens (including phenoxy) is 1. The van der Waals surface area contributed by atoms with Crippen molar-refractivity contribution in [3.8, 4) is 0 Å². The first kappa shape index (κ1) is 22.1. The second-order valence-corrected chi connectivity index (χ2v) is 10.4. The molecule has 0 radical (unpaired) electrons. The number of nitrogens with one attached hydrogen (secondary N) is 1. The average molecular weight is 438 g/mol. The van der Waals surface area contributed by atoms with E-state index in [1.54, 1.807) is 56.7 Å². The molecule has 1 amide bonds. The van der Waals surface area contributed by atoms with Crippen molar-refractivity contribution in [1.29, 1.82) is 0 Å². The molecule has 1 aliphatic rings. The van der Waals surface area contributed by atoms with Crippen molar-refractivity contribution in [2.75, 3.05) is 13.1 Å². The third-order valence-corrected chi connectivity index (χ3v) is 6.84. The van der Waals surface area contributed by atoms with E-state index in [9.17, 15) is 23.1 Å². The minimum absolute atomic E-state index is 0.133. The number of alkyl carbamates (subject to hydrolysis) is 1. The second kappa shape index (κ2) is 7.92. The second-order valence-electron chi connectivity index (χ2n) is 8.45. The summed E-state index contributed by atoms with van der Waals surface area (Å²) in [5, 5.41) is 12.6. The van der Waals surface area contributed by atoms with Crippen molar-refractivity contribution in [3.05, 3.63) is 30.5 Å². The van der Waals surface area contributed by atoms with E-state index in [1.165, 1.54) is 10.4 Å². The van der Waals surface area contributed by atoms with E-state index in [4.69, 9.17) is 4.74 Å². The number of carbonyl (C=O) groups is 2. The zero-order chi connectivity index (χ0) is 22.3. The van der Waals surface area contributed by atoms with Crippen LogP contribution in [0.25, 0.3) is 10.9 Å². The van der Waals surface area contributed by atoms with E-state index < -0.39 is 33.7 Å². The monoisotopic (exact) mass is 437 g/mol. The Morgan fingerprint density at radius 3 is 2.60 bits per heavy atom. The summed E-state index contributed by atoms with van der Waals surface area (Å²) in [5.41, 5.74) is 0.0213. The summed E-state index contributed by atoms with van der Waals surface area (Å²) in [4.78, 5) is 23.3. The number of aromatic nitrogens is 1. The Morgan fingerprint density at radius 1 is 1.27 bits per heavy atom. The zero-order valence-corrected chi connectivity index (χ0v) is 18.3. The lowest BCUT2D eigenvalue weighted by molar-refractivity contribution is -0.140. The van der Waals surface area contributed by atoms with Crippen LogP contribution in [0.3, 0.4) is 0 Å². The molecule has 0 bridgehead atoms. The van der Waals surface area contributed by atoms with E-state index in [-0.39, 0.29) is 24.0 Å². The molecule has 3 rings (SSSR count). The minimum atomic E-state index is -3.75. The van der Waals surface area contributed by atoms with Crippen molar-refractivity contribution >= 4 is 33.0 Å². The highest BCUT2D eigenvalue weighted by Gasteiger charge is 2.34. The summed E-state index contributed by atoms with van der Waals surface area (Å²) < 4.78 is 34.3. The lowest BCUT2D eigenvalue weighted by atomic mass is 10.2. The Labute approximate surface area is 175 Å². The van der Waals surface area contributed by atoms with Gasteiger partial charge in [-0.2, -0.15) is 4.31 Å². The third kappa shape index (κ3) is 4.59. The highest BCUT2D eigenvalue weighted by Crippen LogP contribution is 2.27. The van der Waals surface area contributed by atoms with Crippen molar-refractivity contribution in [1.82, 2.24) is 14.2 Å². The fourth-order valence-corrected chi connectivity index (χ4v) is 4.98. The van der Waals surface area contributed by atoms with Crippen molar-refractivity contribution in [3.63, 3.8) is 0 Å². The minimum Gasteiger partial charge on any atom is -0.480 e. The number of amides is 1. The van der Waals surface area contributed by atoms with Crippen molar-refractivity contribution < 1.29 is 27.9 Å². The quantitative estimate of drug-likeness (QED) is 0.742. The number of hydrogen-bond acceptors (Lipinski definition) is 5. The Morgan fingerprint density at radius 2 is 1.97 bits per heavy atom. The lowest BCUT2D eigenvalue weighted by Gasteiger charge is -2.22. The summed E-state index contributed by atoms with van der Waals surface area (Å²) in [6.45, 7) is 7.30. The fraction of sp³-hybridized carbons (Fsp3) is 0.500. The van der Waals surface area contributed by atoms with Crippen LogP contribution < -0.4 is 5.32 Å². The predicted molar refractivity (Wildman–Crippen MR) is 111 cm³/mol. The Hall–Kier alpha value is -2.59. The standard InChI is InChI=1S/C20H27N3O6S/c1-13(18(24)25)23-10-7-14-11-16(5-6-17(14)23)30(27,28)22-9-8-15(12-22)21-19(26)29-20(2,3)4/h5-7,10-11,13,15H,8-9,12H2,1-4H3,(H,21,26)(H,24,25)/t13?,15-/m0/s1. The van der Waals surface area contributed by atoms with Gasteiger partial charge >= 0.3 is 12.1 Å². The molecule has 2 N–H and O–H groups in total. The van der Waals surface area contributed by atoms with Gasteiger partial charge in [0, 0.05) is 36.2 Å². The Kier molecular flexibility index (Phi) is 5.83. The maximum Gasteiger partial charge on any atom is 0.407 e. The number of benzene rings is 1. The number of nitrogens with zero attached hydrogens (tertiary/aromatic N) is 2.